The number of pyridine rings is 1. The molecule has 2 heterocycles. The van der Waals surface area contributed by atoms with Crippen LogP contribution in [0, 0.1) is 0 Å². The van der Waals surface area contributed by atoms with Gasteiger partial charge in [-0.1, -0.05) is 19.0 Å². The van der Waals surface area contributed by atoms with Crippen molar-refractivity contribution in [2.75, 3.05) is 18.5 Å². The number of hydrogen-bond donors (Lipinski definition) is 1. The first kappa shape index (κ1) is 21.3. The molecule has 0 atom stereocenters. The zero-order valence-corrected chi connectivity index (χ0v) is 17.3. The van der Waals surface area contributed by atoms with Crippen LogP contribution >= 0.6 is 0 Å². The molecule has 8 nitrogen and oxygen atoms in total. The molecule has 3 rings (SSSR count). The summed E-state index contributed by atoms with van der Waals surface area (Å²) in [7, 11) is 0. The Labute approximate surface area is 175 Å². The first-order valence-corrected chi connectivity index (χ1v) is 10.1. The van der Waals surface area contributed by atoms with Crippen LogP contribution in [0.2, 0.25) is 0 Å². The molecule has 1 N–H and O–H groups in total. The first-order chi connectivity index (χ1) is 14.7. The van der Waals surface area contributed by atoms with Gasteiger partial charge in [0.25, 0.3) is 0 Å². The van der Waals surface area contributed by atoms with Crippen molar-refractivity contribution in [1.82, 2.24) is 15.1 Å². The molecule has 30 heavy (non-hydrogen) atoms. The van der Waals surface area contributed by atoms with Crippen molar-refractivity contribution in [2.24, 2.45) is 0 Å². The lowest BCUT2D eigenvalue weighted by Gasteiger charge is -2.14. The number of nitrogens with one attached hydrogen (secondary N) is 1. The zero-order valence-electron chi connectivity index (χ0n) is 17.3. The van der Waals surface area contributed by atoms with E-state index in [1.165, 1.54) is 0 Å². The Kier molecular flexibility index (Phi) is 7.77. The van der Waals surface area contributed by atoms with E-state index in [-0.39, 0.29) is 12.3 Å². The highest BCUT2D eigenvalue weighted by atomic mass is 16.5. The number of amides is 1. The molecule has 0 radical (unpaired) electrons. The van der Waals surface area contributed by atoms with Crippen LogP contribution in [0.1, 0.15) is 39.0 Å². The third-order valence-electron chi connectivity index (χ3n) is 4.12. The Bertz CT molecular complexity index is 943. The SMILES string of the molecule is CCCOc1ccc(NC(=O)CCc2nc(-c3ccncc3)no2)cc1OCCC. The summed E-state index contributed by atoms with van der Waals surface area (Å²) in [5, 5.41) is 6.82. The maximum absolute atomic E-state index is 12.4. The van der Waals surface area contributed by atoms with Gasteiger partial charge in [-0.15, -0.1) is 0 Å². The lowest BCUT2D eigenvalue weighted by Crippen LogP contribution is -2.12. The average molecular weight is 410 g/mol. The van der Waals surface area contributed by atoms with Gasteiger partial charge in [-0.25, -0.2) is 0 Å². The Balaban J connectivity index is 1.57. The minimum Gasteiger partial charge on any atom is -0.490 e. The number of hydrogen-bond acceptors (Lipinski definition) is 7. The minimum atomic E-state index is -0.151. The number of rotatable bonds is 11. The lowest BCUT2D eigenvalue weighted by molar-refractivity contribution is -0.116. The summed E-state index contributed by atoms with van der Waals surface area (Å²) in [5.74, 6) is 2.04. The molecule has 0 saturated heterocycles. The van der Waals surface area contributed by atoms with Gasteiger partial charge in [0, 0.05) is 42.6 Å². The number of nitrogens with zero attached hydrogens (tertiary/aromatic N) is 3. The van der Waals surface area contributed by atoms with Gasteiger partial charge in [-0.2, -0.15) is 4.98 Å². The number of aryl methyl sites for hydroxylation is 1. The number of ether oxygens (including phenoxy) is 2. The molecule has 0 spiro atoms. The molecule has 0 aliphatic heterocycles. The maximum atomic E-state index is 12.4. The van der Waals surface area contributed by atoms with Crippen molar-refractivity contribution >= 4 is 11.6 Å². The summed E-state index contributed by atoms with van der Waals surface area (Å²) in [6, 6.07) is 9.00. The van der Waals surface area contributed by atoms with E-state index in [0.717, 1.165) is 18.4 Å². The van der Waals surface area contributed by atoms with Gasteiger partial charge in [-0.3, -0.25) is 9.78 Å². The second kappa shape index (κ2) is 10.9. The summed E-state index contributed by atoms with van der Waals surface area (Å²) in [6.45, 7) is 5.27. The van der Waals surface area contributed by atoms with Crippen LogP contribution in [0.25, 0.3) is 11.4 Å². The van der Waals surface area contributed by atoms with E-state index in [0.29, 0.717) is 48.5 Å². The molecule has 0 unspecified atom stereocenters. The van der Waals surface area contributed by atoms with Crippen molar-refractivity contribution in [3.8, 4) is 22.9 Å². The monoisotopic (exact) mass is 410 g/mol. The van der Waals surface area contributed by atoms with E-state index in [2.05, 4.69) is 20.4 Å². The molecule has 1 amide bonds. The van der Waals surface area contributed by atoms with Crippen molar-refractivity contribution in [2.45, 2.75) is 39.5 Å². The van der Waals surface area contributed by atoms with Crippen LogP contribution in [-0.2, 0) is 11.2 Å². The number of aromatic nitrogens is 3. The number of benzene rings is 1. The second-order valence-electron chi connectivity index (χ2n) is 6.65. The highest BCUT2D eigenvalue weighted by Crippen LogP contribution is 2.31. The van der Waals surface area contributed by atoms with Crippen molar-refractivity contribution in [3.05, 3.63) is 48.6 Å². The molecule has 2 aromatic heterocycles. The molecular formula is C22H26N4O4. The van der Waals surface area contributed by atoms with E-state index >= 15 is 0 Å². The predicted molar refractivity (Wildman–Crippen MR) is 112 cm³/mol. The van der Waals surface area contributed by atoms with E-state index < -0.39 is 0 Å². The fourth-order valence-electron chi connectivity index (χ4n) is 2.66. The van der Waals surface area contributed by atoms with E-state index in [9.17, 15) is 4.79 Å². The van der Waals surface area contributed by atoms with Crippen LogP contribution in [0.4, 0.5) is 5.69 Å². The number of carbonyl (C=O) groups is 1. The molecule has 8 heteroatoms. The zero-order chi connectivity index (χ0) is 21.2. The van der Waals surface area contributed by atoms with Gasteiger partial charge in [-0.05, 0) is 37.1 Å². The van der Waals surface area contributed by atoms with Gasteiger partial charge in [0.05, 0.1) is 13.2 Å². The van der Waals surface area contributed by atoms with Crippen LogP contribution < -0.4 is 14.8 Å². The maximum Gasteiger partial charge on any atom is 0.227 e. The highest BCUT2D eigenvalue weighted by Gasteiger charge is 2.12. The second-order valence-corrected chi connectivity index (χ2v) is 6.65. The van der Waals surface area contributed by atoms with Crippen LogP contribution in [0.5, 0.6) is 11.5 Å². The third kappa shape index (κ3) is 6.04. The third-order valence-corrected chi connectivity index (χ3v) is 4.12. The highest BCUT2D eigenvalue weighted by molar-refractivity contribution is 5.91. The molecule has 0 bridgehead atoms. The topological polar surface area (TPSA) is 99.4 Å². The van der Waals surface area contributed by atoms with Gasteiger partial charge in [0.2, 0.25) is 17.6 Å². The molecule has 1 aromatic carbocycles. The lowest BCUT2D eigenvalue weighted by atomic mass is 10.2. The van der Waals surface area contributed by atoms with Gasteiger partial charge in [0.1, 0.15) is 0 Å². The fourth-order valence-corrected chi connectivity index (χ4v) is 2.66. The molecule has 0 fully saturated rings. The van der Waals surface area contributed by atoms with E-state index in [1.54, 1.807) is 36.7 Å². The van der Waals surface area contributed by atoms with Gasteiger partial charge >= 0.3 is 0 Å². The molecule has 158 valence electrons. The molecule has 0 aliphatic carbocycles. The van der Waals surface area contributed by atoms with Crippen molar-refractivity contribution in [1.29, 1.82) is 0 Å². The molecule has 0 saturated carbocycles. The smallest absolute Gasteiger partial charge is 0.227 e. The van der Waals surface area contributed by atoms with Crippen molar-refractivity contribution in [3.63, 3.8) is 0 Å². The van der Waals surface area contributed by atoms with Crippen LogP contribution in [0.15, 0.2) is 47.2 Å². The normalized spacial score (nSPS) is 10.6. The summed E-state index contributed by atoms with van der Waals surface area (Å²) < 4.78 is 16.7. The number of carbonyl (C=O) groups excluding carboxylic acids is 1. The first-order valence-electron chi connectivity index (χ1n) is 10.1. The predicted octanol–water partition coefficient (Wildman–Crippen LogP) is 4.28. The Morgan fingerprint density at radius 2 is 1.77 bits per heavy atom. The van der Waals surface area contributed by atoms with Crippen molar-refractivity contribution < 1.29 is 18.8 Å². The number of anilines is 1. The molecule has 0 aliphatic rings. The standard InChI is InChI=1S/C22H26N4O4/c1-3-13-28-18-6-5-17(15-19(18)29-14-4-2)24-20(27)7-8-21-25-22(26-30-21)16-9-11-23-12-10-16/h5-6,9-12,15H,3-4,7-8,13-14H2,1-2H3,(H,24,27). The summed E-state index contributed by atoms with van der Waals surface area (Å²) in [4.78, 5) is 20.7. The largest absolute Gasteiger partial charge is 0.490 e. The Morgan fingerprint density at radius 1 is 1.03 bits per heavy atom. The van der Waals surface area contributed by atoms with E-state index in [1.807, 2.05) is 19.9 Å². The summed E-state index contributed by atoms with van der Waals surface area (Å²) in [6.07, 6.45) is 5.68. The van der Waals surface area contributed by atoms with E-state index in [4.69, 9.17) is 14.0 Å². The average Bonchev–Trinajstić information content (AvgIpc) is 3.25. The molecule has 3 aromatic rings. The summed E-state index contributed by atoms with van der Waals surface area (Å²) >= 11 is 0. The summed E-state index contributed by atoms with van der Waals surface area (Å²) in [5.41, 5.74) is 1.47. The quantitative estimate of drug-likeness (QED) is 0.503. The Hall–Kier alpha value is -3.42. The minimum absolute atomic E-state index is 0.151. The van der Waals surface area contributed by atoms with Crippen LogP contribution in [0.3, 0.4) is 0 Å². The van der Waals surface area contributed by atoms with Gasteiger partial charge < -0.3 is 19.3 Å². The fraction of sp³-hybridized carbons (Fsp3) is 0.364. The Morgan fingerprint density at radius 3 is 2.50 bits per heavy atom. The van der Waals surface area contributed by atoms with Crippen LogP contribution in [-0.4, -0.2) is 34.2 Å². The molecular weight excluding hydrogens is 384 g/mol. The van der Waals surface area contributed by atoms with Gasteiger partial charge in [0.15, 0.2) is 11.5 Å².